The first-order valence-corrected chi connectivity index (χ1v) is 12.7. The normalized spacial score (nSPS) is 13.7. The van der Waals surface area contributed by atoms with E-state index in [2.05, 4.69) is 15.4 Å². The molecule has 3 N–H and O–H groups in total. The number of morpholine rings is 1. The maximum atomic E-state index is 13.4. The quantitative estimate of drug-likeness (QED) is 0.422. The zero-order valence-electron chi connectivity index (χ0n) is 19.0. The van der Waals surface area contributed by atoms with Crippen molar-refractivity contribution < 1.29 is 22.7 Å². The first-order valence-electron chi connectivity index (χ1n) is 10.8. The van der Waals surface area contributed by atoms with Gasteiger partial charge in [-0.25, -0.2) is 13.2 Å². The summed E-state index contributed by atoms with van der Waals surface area (Å²) in [6.07, 6.45) is 0. The number of amides is 2. The number of nitrogens with one attached hydrogen (secondary N) is 3. The molecule has 0 saturated carbocycles. The highest BCUT2D eigenvalue weighted by Crippen LogP contribution is 2.31. The highest BCUT2D eigenvalue weighted by Gasteiger charge is 2.24. The second-order valence-corrected chi connectivity index (χ2v) is 9.76. The van der Waals surface area contributed by atoms with E-state index in [1.165, 1.54) is 13.2 Å². The molecular formula is C24H25ClN4O5S. The number of hydrogen-bond donors (Lipinski definition) is 3. The number of para-hydroxylation sites is 2. The molecule has 11 heteroatoms. The Labute approximate surface area is 209 Å². The molecule has 1 heterocycles. The number of halogens is 1. The van der Waals surface area contributed by atoms with Crippen molar-refractivity contribution >= 4 is 50.4 Å². The monoisotopic (exact) mass is 516 g/mol. The van der Waals surface area contributed by atoms with Crippen LogP contribution in [0.3, 0.4) is 0 Å². The SMILES string of the molecule is COc1ccccc1NC(=O)Nc1ccc(N2CCOCC2)c(S(=O)(=O)Nc2ccc(Cl)cc2)c1. The summed E-state index contributed by atoms with van der Waals surface area (Å²) >= 11 is 5.92. The lowest BCUT2D eigenvalue weighted by atomic mass is 10.2. The number of rotatable bonds is 7. The zero-order valence-corrected chi connectivity index (χ0v) is 20.5. The minimum absolute atomic E-state index is 0.0319. The molecule has 0 aromatic heterocycles. The molecule has 1 aliphatic heterocycles. The molecule has 0 unspecified atom stereocenters. The van der Waals surface area contributed by atoms with Gasteiger partial charge in [-0.1, -0.05) is 23.7 Å². The van der Waals surface area contributed by atoms with Crippen molar-refractivity contribution in [1.82, 2.24) is 0 Å². The Morgan fingerprint density at radius 3 is 2.37 bits per heavy atom. The standard InChI is InChI=1S/C24H25ClN4O5S/c1-33-22-5-3-2-4-20(22)27-24(30)26-19-10-11-21(29-12-14-34-15-13-29)23(16-19)35(31,32)28-18-8-6-17(25)7-9-18/h2-11,16,28H,12-15H2,1H3,(H2,26,27,30). The van der Waals surface area contributed by atoms with Gasteiger partial charge in [-0.05, 0) is 54.6 Å². The van der Waals surface area contributed by atoms with Crippen LogP contribution < -0.4 is 25.0 Å². The number of carbonyl (C=O) groups is 1. The van der Waals surface area contributed by atoms with E-state index in [1.807, 2.05) is 4.90 Å². The highest BCUT2D eigenvalue weighted by molar-refractivity contribution is 7.92. The van der Waals surface area contributed by atoms with E-state index in [-0.39, 0.29) is 4.90 Å². The number of anilines is 4. The third-order valence-electron chi connectivity index (χ3n) is 5.31. The maximum absolute atomic E-state index is 13.4. The van der Waals surface area contributed by atoms with Crippen LogP contribution in [0.5, 0.6) is 5.75 Å². The summed E-state index contributed by atoms with van der Waals surface area (Å²) < 4.78 is 40.1. The Morgan fingerprint density at radius 2 is 1.66 bits per heavy atom. The number of urea groups is 1. The molecule has 1 saturated heterocycles. The van der Waals surface area contributed by atoms with Gasteiger partial charge in [0, 0.05) is 29.5 Å². The van der Waals surface area contributed by atoms with Crippen LogP contribution in [0.1, 0.15) is 0 Å². The van der Waals surface area contributed by atoms with E-state index in [0.29, 0.717) is 59.8 Å². The fourth-order valence-electron chi connectivity index (χ4n) is 3.63. The number of nitrogens with zero attached hydrogens (tertiary/aromatic N) is 1. The zero-order chi connectivity index (χ0) is 24.8. The summed E-state index contributed by atoms with van der Waals surface area (Å²) in [7, 11) is -2.49. The van der Waals surface area contributed by atoms with Gasteiger partial charge in [-0.2, -0.15) is 0 Å². The molecule has 0 radical (unpaired) electrons. The topological polar surface area (TPSA) is 109 Å². The van der Waals surface area contributed by atoms with E-state index in [1.54, 1.807) is 60.7 Å². The molecule has 3 aromatic carbocycles. The van der Waals surface area contributed by atoms with Gasteiger partial charge >= 0.3 is 6.03 Å². The van der Waals surface area contributed by atoms with Crippen LogP contribution in [0, 0.1) is 0 Å². The van der Waals surface area contributed by atoms with Crippen LogP contribution >= 0.6 is 11.6 Å². The molecule has 0 atom stereocenters. The predicted molar refractivity (Wildman–Crippen MR) is 137 cm³/mol. The highest BCUT2D eigenvalue weighted by atomic mass is 35.5. The Hall–Kier alpha value is -3.47. The summed E-state index contributed by atoms with van der Waals surface area (Å²) in [4.78, 5) is 14.6. The lowest BCUT2D eigenvalue weighted by molar-refractivity contribution is 0.122. The van der Waals surface area contributed by atoms with E-state index < -0.39 is 16.1 Å². The average Bonchev–Trinajstić information content (AvgIpc) is 2.86. The van der Waals surface area contributed by atoms with E-state index in [0.717, 1.165) is 0 Å². The number of sulfonamides is 1. The van der Waals surface area contributed by atoms with Gasteiger partial charge in [0.1, 0.15) is 10.6 Å². The Bertz CT molecular complexity index is 1300. The third kappa shape index (κ3) is 6.16. The second kappa shape index (κ2) is 10.9. The number of hydrogen-bond acceptors (Lipinski definition) is 6. The van der Waals surface area contributed by atoms with Crippen LogP contribution in [0.25, 0.3) is 0 Å². The van der Waals surface area contributed by atoms with Gasteiger partial charge in [0.25, 0.3) is 10.0 Å². The first-order chi connectivity index (χ1) is 16.9. The number of ether oxygens (including phenoxy) is 2. The molecule has 184 valence electrons. The summed E-state index contributed by atoms with van der Waals surface area (Å²) in [6, 6.07) is 17.6. The van der Waals surface area contributed by atoms with Crippen molar-refractivity contribution in [2.24, 2.45) is 0 Å². The minimum atomic E-state index is -4.00. The van der Waals surface area contributed by atoms with Crippen molar-refractivity contribution in [3.8, 4) is 5.75 Å². The van der Waals surface area contributed by atoms with Crippen molar-refractivity contribution in [2.45, 2.75) is 4.90 Å². The van der Waals surface area contributed by atoms with Crippen molar-refractivity contribution in [1.29, 1.82) is 0 Å². The minimum Gasteiger partial charge on any atom is -0.495 e. The van der Waals surface area contributed by atoms with Crippen LogP contribution in [0.2, 0.25) is 5.02 Å². The molecule has 3 aromatic rings. The van der Waals surface area contributed by atoms with Gasteiger partial charge in [-0.3, -0.25) is 4.72 Å². The molecule has 9 nitrogen and oxygen atoms in total. The lowest BCUT2D eigenvalue weighted by Crippen LogP contribution is -2.37. The number of carbonyl (C=O) groups excluding carboxylic acids is 1. The van der Waals surface area contributed by atoms with Crippen LogP contribution in [-0.4, -0.2) is 47.9 Å². The molecule has 4 rings (SSSR count). The largest absolute Gasteiger partial charge is 0.495 e. The Morgan fingerprint density at radius 1 is 0.971 bits per heavy atom. The third-order valence-corrected chi connectivity index (χ3v) is 6.97. The van der Waals surface area contributed by atoms with E-state index >= 15 is 0 Å². The molecule has 2 amide bonds. The van der Waals surface area contributed by atoms with Gasteiger partial charge < -0.3 is 25.0 Å². The van der Waals surface area contributed by atoms with Gasteiger partial charge in [0.15, 0.2) is 0 Å². The molecule has 0 bridgehead atoms. The molecular weight excluding hydrogens is 492 g/mol. The molecule has 0 spiro atoms. The summed E-state index contributed by atoms with van der Waals surface area (Å²) in [5.41, 5.74) is 1.68. The number of benzene rings is 3. The summed E-state index contributed by atoms with van der Waals surface area (Å²) in [6.45, 7) is 2.08. The predicted octanol–water partition coefficient (Wildman–Crippen LogP) is 4.63. The average molecular weight is 517 g/mol. The second-order valence-electron chi connectivity index (χ2n) is 7.67. The van der Waals surface area contributed by atoms with Crippen LogP contribution in [-0.2, 0) is 14.8 Å². The van der Waals surface area contributed by atoms with Crippen molar-refractivity contribution in [3.05, 3.63) is 71.8 Å². The molecule has 0 aliphatic carbocycles. The van der Waals surface area contributed by atoms with Crippen molar-refractivity contribution in [3.63, 3.8) is 0 Å². The van der Waals surface area contributed by atoms with Crippen molar-refractivity contribution in [2.75, 3.05) is 53.7 Å². The van der Waals surface area contributed by atoms with Gasteiger partial charge in [0.2, 0.25) is 0 Å². The molecule has 1 aliphatic rings. The lowest BCUT2D eigenvalue weighted by Gasteiger charge is -2.30. The summed E-state index contributed by atoms with van der Waals surface area (Å²) in [5.74, 6) is 0.501. The Kier molecular flexibility index (Phi) is 7.64. The summed E-state index contributed by atoms with van der Waals surface area (Å²) in [5, 5.41) is 5.90. The van der Waals surface area contributed by atoms with Crippen LogP contribution in [0.4, 0.5) is 27.5 Å². The van der Waals surface area contributed by atoms with Gasteiger partial charge in [0.05, 0.1) is 31.7 Å². The fraction of sp³-hybridized carbons (Fsp3) is 0.208. The van der Waals surface area contributed by atoms with E-state index in [9.17, 15) is 13.2 Å². The van der Waals surface area contributed by atoms with Gasteiger partial charge in [-0.15, -0.1) is 0 Å². The fourth-order valence-corrected chi connectivity index (χ4v) is 5.07. The first kappa shape index (κ1) is 24.6. The maximum Gasteiger partial charge on any atom is 0.323 e. The molecule has 35 heavy (non-hydrogen) atoms. The Balaban J connectivity index is 1.62. The van der Waals surface area contributed by atoms with Crippen LogP contribution in [0.15, 0.2) is 71.6 Å². The smallest absolute Gasteiger partial charge is 0.323 e. The van der Waals surface area contributed by atoms with E-state index in [4.69, 9.17) is 21.1 Å². The molecule has 1 fully saturated rings. The number of methoxy groups -OCH3 is 1.